The van der Waals surface area contributed by atoms with Crippen LogP contribution in [0.25, 0.3) is 11.1 Å². The lowest BCUT2D eigenvalue weighted by molar-refractivity contribution is 0.307. The molecule has 0 unspecified atom stereocenters. The highest BCUT2D eigenvalue weighted by Crippen LogP contribution is 2.31. The standard InChI is InChI=1S/C19H16FNO/c20-17-12-15(10-11-18(17)21)16-8-4-5-9-19(16)22-13-14-6-2-1-3-7-14/h1-12H,13,21H2. The number of para-hydroxylation sites is 1. The van der Waals surface area contributed by atoms with Gasteiger partial charge in [0.25, 0.3) is 0 Å². The molecule has 2 nitrogen and oxygen atoms in total. The summed E-state index contributed by atoms with van der Waals surface area (Å²) in [5.74, 6) is 0.297. The van der Waals surface area contributed by atoms with Crippen LogP contribution >= 0.6 is 0 Å². The zero-order valence-corrected chi connectivity index (χ0v) is 12.0. The van der Waals surface area contributed by atoms with Crippen LogP contribution in [0.3, 0.4) is 0 Å². The van der Waals surface area contributed by atoms with Crippen LogP contribution in [-0.4, -0.2) is 0 Å². The predicted octanol–water partition coefficient (Wildman–Crippen LogP) is 4.65. The third-order valence-electron chi connectivity index (χ3n) is 3.44. The second-order valence-corrected chi connectivity index (χ2v) is 5.01. The molecule has 3 aromatic carbocycles. The summed E-state index contributed by atoms with van der Waals surface area (Å²) in [6, 6.07) is 22.3. The Balaban J connectivity index is 1.88. The molecule has 0 aromatic heterocycles. The van der Waals surface area contributed by atoms with Crippen molar-refractivity contribution in [3.63, 3.8) is 0 Å². The van der Waals surface area contributed by atoms with Crippen molar-refractivity contribution < 1.29 is 9.13 Å². The minimum Gasteiger partial charge on any atom is -0.488 e. The first kappa shape index (κ1) is 14.1. The van der Waals surface area contributed by atoms with Crippen LogP contribution < -0.4 is 10.5 Å². The predicted molar refractivity (Wildman–Crippen MR) is 87.0 cm³/mol. The number of hydrogen-bond donors (Lipinski definition) is 1. The molecule has 0 bridgehead atoms. The minimum atomic E-state index is -0.421. The highest BCUT2D eigenvalue weighted by Gasteiger charge is 2.08. The summed E-state index contributed by atoms with van der Waals surface area (Å²) >= 11 is 0. The summed E-state index contributed by atoms with van der Waals surface area (Å²) < 4.78 is 19.6. The lowest BCUT2D eigenvalue weighted by Crippen LogP contribution is -1.97. The van der Waals surface area contributed by atoms with E-state index in [0.29, 0.717) is 6.61 Å². The number of hydrogen-bond acceptors (Lipinski definition) is 2. The number of benzene rings is 3. The van der Waals surface area contributed by atoms with Crippen molar-refractivity contribution in [2.45, 2.75) is 6.61 Å². The number of halogens is 1. The first-order valence-corrected chi connectivity index (χ1v) is 7.05. The van der Waals surface area contributed by atoms with E-state index in [1.54, 1.807) is 12.1 Å². The van der Waals surface area contributed by atoms with Gasteiger partial charge in [0.1, 0.15) is 18.2 Å². The number of anilines is 1. The summed E-state index contributed by atoms with van der Waals surface area (Å²) in [6.45, 7) is 0.468. The molecule has 3 heteroatoms. The van der Waals surface area contributed by atoms with Crippen LogP contribution in [0, 0.1) is 5.82 Å². The molecule has 0 fully saturated rings. The molecule has 0 heterocycles. The topological polar surface area (TPSA) is 35.2 Å². The van der Waals surface area contributed by atoms with E-state index in [1.165, 1.54) is 6.07 Å². The molecule has 3 rings (SSSR count). The molecule has 0 atom stereocenters. The number of ether oxygens (including phenoxy) is 1. The molecule has 0 saturated heterocycles. The Kier molecular flexibility index (Phi) is 4.05. The van der Waals surface area contributed by atoms with Gasteiger partial charge >= 0.3 is 0 Å². The van der Waals surface area contributed by atoms with Gasteiger partial charge in [0.15, 0.2) is 0 Å². The van der Waals surface area contributed by atoms with Crippen molar-refractivity contribution in [1.82, 2.24) is 0 Å². The summed E-state index contributed by atoms with van der Waals surface area (Å²) in [5.41, 5.74) is 8.35. The van der Waals surface area contributed by atoms with Gasteiger partial charge in [-0.3, -0.25) is 0 Å². The Morgan fingerprint density at radius 2 is 1.59 bits per heavy atom. The largest absolute Gasteiger partial charge is 0.488 e. The monoisotopic (exact) mass is 293 g/mol. The van der Waals surface area contributed by atoms with Crippen molar-refractivity contribution in [1.29, 1.82) is 0 Å². The third-order valence-corrected chi connectivity index (χ3v) is 3.44. The van der Waals surface area contributed by atoms with Gasteiger partial charge in [0.2, 0.25) is 0 Å². The average Bonchev–Trinajstić information content (AvgIpc) is 2.57. The fraction of sp³-hybridized carbons (Fsp3) is 0.0526. The van der Waals surface area contributed by atoms with Crippen LogP contribution in [0.5, 0.6) is 5.75 Å². The van der Waals surface area contributed by atoms with E-state index in [-0.39, 0.29) is 5.69 Å². The van der Waals surface area contributed by atoms with Gasteiger partial charge < -0.3 is 10.5 Å². The van der Waals surface area contributed by atoms with E-state index >= 15 is 0 Å². The van der Waals surface area contributed by atoms with Gasteiger partial charge in [-0.15, -0.1) is 0 Å². The van der Waals surface area contributed by atoms with Gasteiger partial charge in [0, 0.05) is 5.56 Å². The SMILES string of the molecule is Nc1ccc(-c2ccccc2OCc2ccccc2)cc1F. The fourth-order valence-corrected chi connectivity index (χ4v) is 2.26. The molecule has 0 spiro atoms. The molecular weight excluding hydrogens is 277 g/mol. The van der Waals surface area contributed by atoms with Crippen LogP contribution in [0.1, 0.15) is 5.56 Å². The van der Waals surface area contributed by atoms with Gasteiger partial charge in [-0.25, -0.2) is 4.39 Å². The maximum Gasteiger partial charge on any atom is 0.146 e. The summed E-state index contributed by atoms with van der Waals surface area (Å²) in [6.07, 6.45) is 0. The first-order chi connectivity index (χ1) is 10.7. The van der Waals surface area contributed by atoms with Gasteiger partial charge in [-0.1, -0.05) is 54.6 Å². The average molecular weight is 293 g/mol. The Bertz CT molecular complexity index is 771. The Morgan fingerprint density at radius 3 is 2.36 bits per heavy atom. The van der Waals surface area contributed by atoms with E-state index in [1.807, 2.05) is 54.6 Å². The number of nitrogen functional groups attached to an aromatic ring is 1. The molecule has 2 N–H and O–H groups in total. The molecule has 0 aliphatic heterocycles. The van der Waals surface area contributed by atoms with E-state index in [0.717, 1.165) is 22.4 Å². The first-order valence-electron chi connectivity index (χ1n) is 7.05. The minimum absolute atomic E-state index is 0.145. The highest BCUT2D eigenvalue weighted by molar-refractivity contribution is 5.71. The van der Waals surface area contributed by atoms with Crippen LogP contribution in [0.15, 0.2) is 72.8 Å². The number of nitrogens with two attached hydrogens (primary N) is 1. The molecule has 0 amide bonds. The van der Waals surface area contributed by atoms with Crippen LogP contribution in [0.4, 0.5) is 10.1 Å². The summed E-state index contributed by atoms with van der Waals surface area (Å²) in [5, 5.41) is 0. The van der Waals surface area contributed by atoms with Crippen molar-refractivity contribution in [3.05, 3.63) is 84.2 Å². The van der Waals surface area contributed by atoms with Gasteiger partial charge in [-0.05, 0) is 29.3 Å². The molecule has 22 heavy (non-hydrogen) atoms. The maximum atomic E-state index is 13.7. The molecule has 110 valence electrons. The lowest BCUT2D eigenvalue weighted by atomic mass is 10.0. The lowest BCUT2D eigenvalue weighted by Gasteiger charge is -2.12. The fourth-order valence-electron chi connectivity index (χ4n) is 2.26. The molecular formula is C19H16FNO. The number of rotatable bonds is 4. The Hall–Kier alpha value is -2.81. The third kappa shape index (κ3) is 3.09. The van der Waals surface area contributed by atoms with E-state index < -0.39 is 5.82 Å². The van der Waals surface area contributed by atoms with Crippen LogP contribution in [-0.2, 0) is 6.61 Å². The molecule has 0 radical (unpaired) electrons. The molecule has 3 aromatic rings. The summed E-state index contributed by atoms with van der Waals surface area (Å²) in [7, 11) is 0. The smallest absolute Gasteiger partial charge is 0.146 e. The van der Waals surface area contributed by atoms with Gasteiger partial charge in [-0.2, -0.15) is 0 Å². The Morgan fingerprint density at radius 1 is 0.864 bits per heavy atom. The van der Waals surface area contributed by atoms with Crippen molar-refractivity contribution >= 4 is 5.69 Å². The van der Waals surface area contributed by atoms with Crippen LogP contribution in [0.2, 0.25) is 0 Å². The summed E-state index contributed by atoms with van der Waals surface area (Å²) in [4.78, 5) is 0. The second kappa shape index (κ2) is 6.31. The van der Waals surface area contributed by atoms with Crippen molar-refractivity contribution in [3.8, 4) is 16.9 Å². The highest BCUT2D eigenvalue weighted by atomic mass is 19.1. The van der Waals surface area contributed by atoms with Gasteiger partial charge in [0.05, 0.1) is 5.69 Å². The van der Waals surface area contributed by atoms with E-state index in [4.69, 9.17) is 10.5 Å². The zero-order chi connectivity index (χ0) is 15.4. The van der Waals surface area contributed by atoms with Crippen molar-refractivity contribution in [2.75, 3.05) is 5.73 Å². The zero-order valence-electron chi connectivity index (χ0n) is 12.0. The maximum absolute atomic E-state index is 13.7. The van der Waals surface area contributed by atoms with E-state index in [2.05, 4.69) is 0 Å². The quantitative estimate of drug-likeness (QED) is 0.710. The molecule has 0 saturated carbocycles. The molecule has 0 aliphatic rings. The van der Waals surface area contributed by atoms with Crippen molar-refractivity contribution in [2.24, 2.45) is 0 Å². The van der Waals surface area contributed by atoms with E-state index in [9.17, 15) is 4.39 Å². The normalized spacial score (nSPS) is 10.4. The Labute approximate surface area is 129 Å². The molecule has 0 aliphatic carbocycles. The second-order valence-electron chi connectivity index (χ2n) is 5.01.